The number of rotatable bonds is 4. The topological polar surface area (TPSA) is 85.0 Å². The summed E-state index contributed by atoms with van der Waals surface area (Å²) in [5.41, 5.74) is 2.11. The van der Waals surface area contributed by atoms with Gasteiger partial charge in [-0.05, 0) is 12.3 Å². The number of H-pyrrole nitrogens is 2. The van der Waals surface area contributed by atoms with E-state index in [-0.39, 0.29) is 11.7 Å². The monoisotopic (exact) mass is 276 g/mol. The minimum absolute atomic E-state index is 0.147. The van der Waals surface area contributed by atoms with Crippen molar-refractivity contribution in [3.63, 3.8) is 0 Å². The van der Waals surface area contributed by atoms with E-state index in [9.17, 15) is 9.90 Å². The van der Waals surface area contributed by atoms with Gasteiger partial charge in [0.1, 0.15) is 5.52 Å². The molecule has 1 fully saturated rings. The van der Waals surface area contributed by atoms with Gasteiger partial charge < -0.3 is 15.1 Å². The number of likely N-dealkylation sites (tertiary alicyclic amines) is 1. The number of aliphatic hydroxyl groups excluding tert-OH is 1. The van der Waals surface area contributed by atoms with Gasteiger partial charge in [0.15, 0.2) is 0 Å². The van der Waals surface area contributed by atoms with Gasteiger partial charge in [-0.25, -0.2) is 4.98 Å². The molecule has 2 aromatic rings. The molecule has 1 aliphatic heterocycles. The SMILES string of the molecule is CCC[C@H]1CN(Cc2c[nH]c3c(=O)[nH]cnc23)C[C@H]1O. The summed E-state index contributed by atoms with van der Waals surface area (Å²) in [5, 5.41) is 10.1. The van der Waals surface area contributed by atoms with Crippen LogP contribution in [0, 0.1) is 5.92 Å². The van der Waals surface area contributed by atoms with E-state index in [0.717, 1.165) is 30.5 Å². The second-order valence-corrected chi connectivity index (χ2v) is 5.58. The summed E-state index contributed by atoms with van der Waals surface area (Å²) in [5.74, 6) is 0.363. The molecule has 0 spiro atoms. The highest BCUT2D eigenvalue weighted by molar-refractivity contribution is 5.77. The van der Waals surface area contributed by atoms with E-state index in [1.165, 1.54) is 6.33 Å². The van der Waals surface area contributed by atoms with E-state index in [2.05, 4.69) is 26.8 Å². The third-order valence-electron chi connectivity index (χ3n) is 4.08. The van der Waals surface area contributed by atoms with Crippen molar-refractivity contribution < 1.29 is 5.11 Å². The molecule has 0 unspecified atom stereocenters. The fraction of sp³-hybridized carbons (Fsp3) is 0.571. The number of nitrogens with zero attached hydrogens (tertiary/aromatic N) is 2. The summed E-state index contributed by atoms with van der Waals surface area (Å²) < 4.78 is 0. The van der Waals surface area contributed by atoms with Crippen LogP contribution >= 0.6 is 0 Å². The maximum atomic E-state index is 11.6. The number of aromatic nitrogens is 3. The molecule has 1 aliphatic rings. The molecule has 20 heavy (non-hydrogen) atoms. The first kappa shape index (κ1) is 13.3. The molecule has 0 bridgehead atoms. The number of nitrogens with one attached hydrogen (secondary N) is 2. The van der Waals surface area contributed by atoms with Gasteiger partial charge in [0.2, 0.25) is 0 Å². The Morgan fingerprint density at radius 2 is 2.30 bits per heavy atom. The molecule has 0 amide bonds. The van der Waals surface area contributed by atoms with Gasteiger partial charge in [0.05, 0.1) is 17.9 Å². The van der Waals surface area contributed by atoms with Gasteiger partial charge in [-0.3, -0.25) is 9.69 Å². The van der Waals surface area contributed by atoms with Gasteiger partial charge in [-0.1, -0.05) is 13.3 Å². The fourth-order valence-electron chi connectivity index (χ4n) is 3.09. The van der Waals surface area contributed by atoms with E-state index in [4.69, 9.17) is 0 Å². The minimum atomic E-state index is -0.239. The predicted molar refractivity (Wildman–Crippen MR) is 76.4 cm³/mol. The number of fused-ring (bicyclic) bond motifs is 1. The Morgan fingerprint density at radius 1 is 1.45 bits per heavy atom. The lowest BCUT2D eigenvalue weighted by molar-refractivity contribution is 0.137. The summed E-state index contributed by atoms with van der Waals surface area (Å²) >= 11 is 0. The molecule has 3 heterocycles. The molecular formula is C14H20N4O2. The van der Waals surface area contributed by atoms with Crippen molar-refractivity contribution >= 4 is 11.0 Å². The summed E-state index contributed by atoms with van der Waals surface area (Å²) in [6, 6.07) is 0. The molecule has 3 N–H and O–H groups in total. The Labute approximate surface area is 116 Å². The van der Waals surface area contributed by atoms with Crippen LogP contribution in [0.4, 0.5) is 0 Å². The Hall–Kier alpha value is -1.66. The molecule has 0 aliphatic carbocycles. The smallest absolute Gasteiger partial charge is 0.275 e. The van der Waals surface area contributed by atoms with Crippen LogP contribution in [0.25, 0.3) is 11.0 Å². The maximum Gasteiger partial charge on any atom is 0.275 e. The fourth-order valence-corrected chi connectivity index (χ4v) is 3.09. The number of hydrogen-bond donors (Lipinski definition) is 3. The molecule has 6 heteroatoms. The van der Waals surface area contributed by atoms with E-state index in [1.807, 2.05) is 6.20 Å². The number of aliphatic hydroxyl groups is 1. The third kappa shape index (κ3) is 2.36. The van der Waals surface area contributed by atoms with Crippen LogP contribution < -0.4 is 5.56 Å². The summed E-state index contributed by atoms with van der Waals surface area (Å²) in [6.45, 7) is 4.46. The maximum absolute atomic E-state index is 11.6. The quantitative estimate of drug-likeness (QED) is 0.772. The van der Waals surface area contributed by atoms with Crippen LogP contribution in [0.1, 0.15) is 25.3 Å². The zero-order chi connectivity index (χ0) is 14.1. The molecule has 0 aromatic carbocycles. The van der Waals surface area contributed by atoms with Crippen molar-refractivity contribution in [3.8, 4) is 0 Å². The van der Waals surface area contributed by atoms with Crippen LogP contribution in [0.2, 0.25) is 0 Å². The van der Waals surface area contributed by atoms with Crippen LogP contribution in [0.15, 0.2) is 17.3 Å². The van der Waals surface area contributed by atoms with Crippen LogP contribution in [0.3, 0.4) is 0 Å². The van der Waals surface area contributed by atoms with E-state index < -0.39 is 0 Å². The molecule has 2 aromatic heterocycles. The minimum Gasteiger partial charge on any atom is -0.391 e. The average molecular weight is 276 g/mol. The van der Waals surface area contributed by atoms with Crippen molar-refractivity contribution in [1.29, 1.82) is 0 Å². The first-order valence-electron chi connectivity index (χ1n) is 7.13. The third-order valence-corrected chi connectivity index (χ3v) is 4.08. The van der Waals surface area contributed by atoms with Crippen molar-refractivity contribution in [2.45, 2.75) is 32.4 Å². The van der Waals surface area contributed by atoms with Crippen molar-refractivity contribution in [2.24, 2.45) is 5.92 Å². The Kier molecular flexibility index (Phi) is 3.58. The zero-order valence-electron chi connectivity index (χ0n) is 11.6. The van der Waals surface area contributed by atoms with E-state index in [0.29, 0.717) is 24.5 Å². The van der Waals surface area contributed by atoms with Crippen molar-refractivity contribution in [2.75, 3.05) is 13.1 Å². The van der Waals surface area contributed by atoms with Crippen LogP contribution in [-0.4, -0.2) is 44.2 Å². The van der Waals surface area contributed by atoms with Gasteiger partial charge in [-0.15, -0.1) is 0 Å². The Morgan fingerprint density at radius 3 is 3.10 bits per heavy atom. The lowest BCUT2D eigenvalue weighted by Crippen LogP contribution is -2.21. The Bertz CT molecular complexity index is 648. The highest BCUT2D eigenvalue weighted by Crippen LogP contribution is 2.24. The molecule has 108 valence electrons. The summed E-state index contributed by atoms with van der Waals surface area (Å²) in [4.78, 5) is 23.7. The molecule has 1 saturated heterocycles. The highest BCUT2D eigenvalue weighted by Gasteiger charge is 2.30. The zero-order valence-corrected chi connectivity index (χ0v) is 11.6. The second kappa shape index (κ2) is 5.38. The van der Waals surface area contributed by atoms with E-state index in [1.54, 1.807) is 0 Å². The van der Waals surface area contributed by atoms with Crippen LogP contribution in [-0.2, 0) is 6.54 Å². The molecule has 0 saturated carbocycles. The molecule has 2 atom stereocenters. The van der Waals surface area contributed by atoms with E-state index >= 15 is 0 Å². The second-order valence-electron chi connectivity index (χ2n) is 5.58. The molecule has 6 nitrogen and oxygen atoms in total. The number of aromatic amines is 2. The highest BCUT2D eigenvalue weighted by atomic mass is 16.3. The Balaban J connectivity index is 1.78. The van der Waals surface area contributed by atoms with Gasteiger partial charge in [-0.2, -0.15) is 0 Å². The first-order chi connectivity index (χ1) is 9.69. The molecule has 3 rings (SSSR count). The van der Waals surface area contributed by atoms with Crippen LogP contribution in [0.5, 0.6) is 0 Å². The van der Waals surface area contributed by atoms with Crippen molar-refractivity contribution in [1.82, 2.24) is 19.9 Å². The molecular weight excluding hydrogens is 256 g/mol. The normalized spacial score (nSPS) is 23.7. The number of hydrogen-bond acceptors (Lipinski definition) is 4. The van der Waals surface area contributed by atoms with Gasteiger partial charge in [0, 0.05) is 31.4 Å². The first-order valence-corrected chi connectivity index (χ1v) is 7.13. The lowest BCUT2D eigenvalue weighted by Gasteiger charge is -2.14. The number of β-amino-alcohol motifs (C(OH)–C–C–N with tert-alkyl or cyclic N) is 1. The average Bonchev–Trinajstić information content (AvgIpc) is 2.97. The molecule has 0 radical (unpaired) electrons. The van der Waals surface area contributed by atoms with Crippen molar-refractivity contribution in [3.05, 3.63) is 28.4 Å². The largest absolute Gasteiger partial charge is 0.391 e. The summed E-state index contributed by atoms with van der Waals surface area (Å²) in [7, 11) is 0. The standard InChI is InChI=1S/C14H20N4O2/c1-2-3-9-5-18(7-11(9)19)6-10-4-15-13-12(10)16-8-17-14(13)20/h4,8-9,11,15,19H,2-3,5-7H2,1H3,(H,16,17,20)/t9-,11+/m0/s1. The summed E-state index contributed by atoms with van der Waals surface area (Å²) in [6.07, 6.45) is 5.19. The van der Waals surface area contributed by atoms with Gasteiger partial charge in [0.25, 0.3) is 5.56 Å². The predicted octanol–water partition coefficient (Wildman–Crippen LogP) is 0.844. The lowest BCUT2D eigenvalue weighted by atomic mass is 10.0. The van der Waals surface area contributed by atoms with Gasteiger partial charge >= 0.3 is 0 Å².